The van der Waals surface area contributed by atoms with Gasteiger partial charge in [0.05, 0.1) is 4.47 Å². The highest BCUT2D eigenvalue weighted by Crippen LogP contribution is 2.38. The number of aromatic hydroxyl groups is 1. The maximum absolute atomic E-state index is 12.3. The average molecular weight is 349 g/mol. The minimum absolute atomic E-state index is 0.0819. The molecule has 2 aromatic heterocycles. The molecule has 0 radical (unpaired) electrons. The van der Waals surface area contributed by atoms with Crippen molar-refractivity contribution in [3.63, 3.8) is 0 Å². The Hall–Kier alpha value is -2.02. The first kappa shape index (κ1) is 13.9. The molecule has 1 saturated carbocycles. The number of carbonyl (C=O) groups excluding carboxylic acids is 1. The van der Waals surface area contributed by atoms with Crippen LogP contribution in [0.2, 0.25) is 0 Å². The lowest BCUT2D eigenvalue weighted by Crippen LogP contribution is -2.17. The highest BCUT2D eigenvalue weighted by atomic mass is 79.9. The summed E-state index contributed by atoms with van der Waals surface area (Å²) in [5.74, 6) is 0.652. The number of hydrogen-bond donors (Lipinski definition) is 2. The molecule has 2 aromatic rings. The zero-order valence-electron chi connectivity index (χ0n) is 11.3. The first-order valence-corrected chi connectivity index (χ1v) is 7.34. The van der Waals surface area contributed by atoms with E-state index in [1.807, 2.05) is 0 Å². The number of hydrogen-bond acceptors (Lipinski definition) is 5. The van der Waals surface area contributed by atoms with E-state index in [1.54, 1.807) is 19.2 Å². The number of nitrogens with zero attached hydrogens (tertiary/aromatic N) is 3. The maximum Gasteiger partial charge on any atom is 0.276 e. The molecule has 0 atom stereocenters. The quantitative estimate of drug-likeness (QED) is 0.890. The maximum atomic E-state index is 12.3. The Labute approximate surface area is 129 Å². The van der Waals surface area contributed by atoms with E-state index < -0.39 is 5.91 Å². The van der Waals surface area contributed by atoms with E-state index in [2.05, 4.69) is 36.2 Å². The molecule has 0 aliphatic heterocycles. The Kier molecular flexibility index (Phi) is 3.59. The summed E-state index contributed by atoms with van der Waals surface area (Å²) in [6.07, 6.45) is 3.70. The van der Waals surface area contributed by atoms with Crippen molar-refractivity contribution in [1.82, 2.24) is 15.0 Å². The molecule has 2 heterocycles. The normalized spacial score (nSPS) is 14.0. The molecule has 21 heavy (non-hydrogen) atoms. The second-order valence-corrected chi connectivity index (χ2v) is 5.83. The van der Waals surface area contributed by atoms with Gasteiger partial charge in [0.2, 0.25) is 0 Å². The molecule has 0 saturated heterocycles. The van der Waals surface area contributed by atoms with E-state index in [0.717, 1.165) is 12.8 Å². The lowest BCUT2D eigenvalue weighted by molar-refractivity contribution is 0.102. The number of halogens is 1. The third kappa shape index (κ3) is 3.02. The molecule has 108 valence electrons. The van der Waals surface area contributed by atoms with E-state index in [0.29, 0.717) is 21.9 Å². The summed E-state index contributed by atoms with van der Waals surface area (Å²) in [6.45, 7) is 1.78. The zero-order chi connectivity index (χ0) is 15.0. The molecule has 2 N–H and O–H groups in total. The van der Waals surface area contributed by atoms with Crippen LogP contribution in [0.1, 0.15) is 40.8 Å². The zero-order valence-corrected chi connectivity index (χ0v) is 12.9. The summed E-state index contributed by atoms with van der Waals surface area (Å²) in [7, 11) is 0. The topological polar surface area (TPSA) is 88.0 Å². The summed E-state index contributed by atoms with van der Waals surface area (Å²) in [6, 6.07) is 3.15. The number of pyridine rings is 1. The Bertz CT molecular complexity index is 716. The van der Waals surface area contributed by atoms with Gasteiger partial charge in [-0.2, -0.15) is 0 Å². The van der Waals surface area contributed by atoms with Crippen LogP contribution in [0.25, 0.3) is 0 Å². The van der Waals surface area contributed by atoms with Gasteiger partial charge >= 0.3 is 0 Å². The van der Waals surface area contributed by atoms with Gasteiger partial charge < -0.3 is 10.4 Å². The van der Waals surface area contributed by atoms with Gasteiger partial charge in [0.15, 0.2) is 11.6 Å². The van der Waals surface area contributed by atoms with Crippen molar-refractivity contribution in [3.05, 3.63) is 40.0 Å². The molecular formula is C14H13BrN4O2. The lowest BCUT2D eigenvalue weighted by Gasteiger charge is -2.08. The van der Waals surface area contributed by atoms with Crippen LogP contribution in [0.3, 0.4) is 0 Å². The first-order chi connectivity index (χ1) is 10.0. The molecule has 1 amide bonds. The van der Waals surface area contributed by atoms with E-state index in [4.69, 9.17) is 0 Å². The Morgan fingerprint density at radius 3 is 2.86 bits per heavy atom. The Morgan fingerprint density at radius 2 is 2.14 bits per heavy atom. The number of carbonyl (C=O) groups is 1. The fraction of sp³-hybridized carbons (Fsp3) is 0.286. The molecule has 1 aliphatic rings. The van der Waals surface area contributed by atoms with Crippen LogP contribution >= 0.6 is 15.9 Å². The summed E-state index contributed by atoms with van der Waals surface area (Å²) in [5.41, 5.74) is 0.943. The van der Waals surface area contributed by atoms with Gasteiger partial charge in [0, 0.05) is 17.8 Å². The van der Waals surface area contributed by atoms with Gasteiger partial charge in [-0.15, -0.1) is 0 Å². The van der Waals surface area contributed by atoms with Crippen molar-refractivity contribution in [1.29, 1.82) is 0 Å². The second-order valence-electron chi connectivity index (χ2n) is 4.97. The smallest absolute Gasteiger partial charge is 0.276 e. The van der Waals surface area contributed by atoms with Gasteiger partial charge in [-0.1, -0.05) is 0 Å². The molecule has 0 bridgehead atoms. The van der Waals surface area contributed by atoms with E-state index >= 15 is 0 Å². The van der Waals surface area contributed by atoms with E-state index in [-0.39, 0.29) is 17.3 Å². The van der Waals surface area contributed by atoms with Crippen molar-refractivity contribution < 1.29 is 9.90 Å². The molecule has 0 aromatic carbocycles. The van der Waals surface area contributed by atoms with Crippen LogP contribution in [0, 0.1) is 6.92 Å². The summed E-state index contributed by atoms with van der Waals surface area (Å²) in [4.78, 5) is 24.9. The van der Waals surface area contributed by atoms with Gasteiger partial charge in [-0.05, 0) is 47.8 Å². The SMILES string of the molecule is Cc1ccc(O)c(NC(=O)c2nc(C3CC3)ncc2Br)n1. The van der Waals surface area contributed by atoms with Crippen LogP contribution in [0.5, 0.6) is 5.75 Å². The lowest BCUT2D eigenvalue weighted by atomic mass is 10.3. The number of anilines is 1. The Morgan fingerprint density at radius 1 is 1.38 bits per heavy atom. The highest BCUT2D eigenvalue weighted by Gasteiger charge is 2.28. The van der Waals surface area contributed by atoms with Gasteiger partial charge in [0.25, 0.3) is 5.91 Å². The van der Waals surface area contributed by atoms with Crippen molar-refractivity contribution in [2.45, 2.75) is 25.7 Å². The molecule has 3 rings (SSSR count). The van der Waals surface area contributed by atoms with Gasteiger partial charge in [0.1, 0.15) is 11.5 Å². The van der Waals surface area contributed by atoms with E-state index in [1.165, 1.54) is 6.07 Å². The number of nitrogens with one attached hydrogen (secondary N) is 1. The predicted octanol–water partition coefficient (Wildman–Crippen LogP) is 2.78. The van der Waals surface area contributed by atoms with Crippen molar-refractivity contribution in [2.24, 2.45) is 0 Å². The van der Waals surface area contributed by atoms with Crippen LogP contribution in [0.15, 0.2) is 22.8 Å². The van der Waals surface area contributed by atoms with Gasteiger partial charge in [-0.25, -0.2) is 15.0 Å². The summed E-state index contributed by atoms with van der Waals surface area (Å²) in [5, 5.41) is 12.3. The fourth-order valence-corrected chi connectivity index (χ4v) is 2.26. The van der Waals surface area contributed by atoms with Crippen LogP contribution < -0.4 is 5.32 Å². The number of amides is 1. The third-order valence-corrected chi connectivity index (χ3v) is 3.75. The molecule has 1 aliphatic carbocycles. The van der Waals surface area contributed by atoms with Crippen LogP contribution in [-0.2, 0) is 0 Å². The molecule has 0 unspecified atom stereocenters. The monoisotopic (exact) mass is 348 g/mol. The van der Waals surface area contributed by atoms with Crippen LogP contribution in [0.4, 0.5) is 5.82 Å². The molecular weight excluding hydrogens is 336 g/mol. The molecule has 7 heteroatoms. The first-order valence-electron chi connectivity index (χ1n) is 6.55. The Balaban J connectivity index is 1.88. The summed E-state index contributed by atoms with van der Waals surface area (Å²) < 4.78 is 0.511. The molecule has 6 nitrogen and oxygen atoms in total. The van der Waals surface area contributed by atoms with Crippen molar-refractivity contribution >= 4 is 27.7 Å². The fourth-order valence-electron chi connectivity index (χ4n) is 1.89. The van der Waals surface area contributed by atoms with Crippen molar-refractivity contribution in [2.75, 3.05) is 5.32 Å². The number of rotatable bonds is 3. The average Bonchev–Trinajstić information content (AvgIpc) is 3.28. The van der Waals surface area contributed by atoms with Gasteiger partial charge in [-0.3, -0.25) is 4.79 Å². The number of aromatic nitrogens is 3. The highest BCUT2D eigenvalue weighted by molar-refractivity contribution is 9.10. The standard InChI is InChI=1S/C14H13BrN4O2/c1-7-2-5-10(20)13(17-7)19-14(21)11-9(15)6-16-12(18-11)8-3-4-8/h2,5-6,8,20H,3-4H2,1H3,(H,17,19,21). The molecule has 0 spiro atoms. The van der Waals surface area contributed by atoms with E-state index in [9.17, 15) is 9.90 Å². The predicted molar refractivity (Wildman–Crippen MR) is 80.3 cm³/mol. The summed E-state index contributed by atoms with van der Waals surface area (Å²) >= 11 is 3.28. The molecule has 1 fully saturated rings. The van der Waals surface area contributed by atoms with Crippen molar-refractivity contribution in [3.8, 4) is 5.75 Å². The minimum Gasteiger partial charge on any atom is -0.504 e. The largest absolute Gasteiger partial charge is 0.504 e. The second kappa shape index (κ2) is 5.40. The number of aryl methyl sites for hydroxylation is 1. The van der Waals surface area contributed by atoms with Crippen LogP contribution in [-0.4, -0.2) is 26.0 Å². The third-order valence-electron chi connectivity index (χ3n) is 3.17. The minimum atomic E-state index is -0.431.